The molecule has 1 atom stereocenters. The zero-order chi connectivity index (χ0) is 15.5. The second kappa shape index (κ2) is 6.53. The molecule has 0 aliphatic carbocycles. The number of benzene rings is 1. The van der Waals surface area contributed by atoms with E-state index in [1.807, 2.05) is 12.1 Å². The molecule has 1 aromatic heterocycles. The van der Waals surface area contributed by atoms with Crippen LogP contribution in [0.4, 0.5) is 0 Å². The molecular weight excluding hydrogens is 420 g/mol. The predicted molar refractivity (Wildman–Crippen MR) is 86.2 cm³/mol. The first-order valence-electron chi connectivity index (χ1n) is 6.30. The molecule has 2 heterocycles. The summed E-state index contributed by atoms with van der Waals surface area (Å²) in [5, 5.41) is 3.83. The van der Waals surface area contributed by atoms with E-state index in [1.165, 1.54) is 6.21 Å². The molecule has 0 spiro atoms. The van der Waals surface area contributed by atoms with Crippen molar-refractivity contribution < 1.29 is 18.7 Å². The molecule has 0 saturated carbocycles. The number of carbonyl (C=O) groups excluding carboxylic acids is 1. The molecule has 8 heteroatoms. The highest BCUT2D eigenvalue weighted by atomic mass is 79.9. The van der Waals surface area contributed by atoms with Crippen molar-refractivity contribution in [1.29, 1.82) is 0 Å². The van der Waals surface area contributed by atoms with Gasteiger partial charge in [-0.15, -0.1) is 0 Å². The Labute approximate surface area is 142 Å². The van der Waals surface area contributed by atoms with Gasteiger partial charge in [-0.25, -0.2) is 5.43 Å². The SMILES string of the molecule is O=C(N/N=C\c1cc(Br)c(Br)o1)C1COc2ccccc2O1. The Balaban J connectivity index is 1.59. The molecule has 2 aromatic rings. The summed E-state index contributed by atoms with van der Waals surface area (Å²) >= 11 is 6.50. The van der Waals surface area contributed by atoms with Crippen molar-refractivity contribution in [2.24, 2.45) is 5.10 Å². The smallest absolute Gasteiger partial charge is 0.284 e. The van der Waals surface area contributed by atoms with Crippen LogP contribution in [0.15, 0.2) is 49.0 Å². The maximum atomic E-state index is 12.0. The van der Waals surface area contributed by atoms with E-state index >= 15 is 0 Å². The summed E-state index contributed by atoms with van der Waals surface area (Å²) in [5.74, 6) is 1.26. The summed E-state index contributed by atoms with van der Waals surface area (Å²) in [6.45, 7) is 0.135. The summed E-state index contributed by atoms with van der Waals surface area (Å²) in [5.41, 5.74) is 2.40. The number of carbonyl (C=O) groups is 1. The number of rotatable bonds is 3. The zero-order valence-corrected chi connectivity index (χ0v) is 14.3. The van der Waals surface area contributed by atoms with Crippen LogP contribution in [0.5, 0.6) is 11.5 Å². The van der Waals surface area contributed by atoms with Crippen LogP contribution in [-0.4, -0.2) is 24.8 Å². The van der Waals surface area contributed by atoms with Gasteiger partial charge in [0, 0.05) is 6.07 Å². The van der Waals surface area contributed by atoms with Crippen LogP contribution in [0.3, 0.4) is 0 Å². The zero-order valence-electron chi connectivity index (χ0n) is 11.1. The van der Waals surface area contributed by atoms with E-state index in [1.54, 1.807) is 18.2 Å². The highest BCUT2D eigenvalue weighted by Gasteiger charge is 2.26. The van der Waals surface area contributed by atoms with E-state index in [9.17, 15) is 4.79 Å². The Morgan fingerprint density at radius 2 is 2.09 bits per heavy atom. The topological polar surface area (TPSA) is 73.1 Å². The largest absolute Gasteiger partial charge is 0.485 e. The fourth-order valence-corrected chi connectivity index (χ4v) is 2.42. The predicted octanol–water partition coefficient (Wildman–Crippen LogP) is 3.09. The number of hydrogen-bond acceptors (Lipinski definition) is 5. The van der Waals surface area contributed by atoms with Crippen molar-refractivity contribution in [1.82, 2.24) is 5.43 Å². The van der Waals surface area contributed by atoms with Crippen LogP contribution in [0.1, 0.15) is 5.76 Å². The highest BCUT2D eigenvalue weighted by molar-refractivity contribution is 9.13. The number of hydrazone groups is 1. The van der Waals surface area contributed by atoms with Gasteiger partial charge in [0.05, 0.1) is 10.7 Å². The minimum Gasteiger partial charge on any atom is -0.485 e. The second-order valence-electron chi connectivity index (χ2n) is 4.37. The lowest BCUT2D eigenvalue weighted by Gasteiger charge is -2.24. The number of hydrogen-bond donors (Lipinski definition) is 1. The van der Waals surface area contributed by atoms with Gasteiger partial charge in [0.25, 0.3) is 5.91 Å². The fourth-order valence-electron chi connectivity index (χ4n) is 1.81. The molecule has 0 fully saturated rings. The van der Waals surface area contributed by atoms with Crippen LogP contribution >= 0.6 is 31.9 Å². The molecule has 0 bridgehead atoms. The van der Waals surface area contributed by atoms with Crippen molar-refractivity contribution >= 4 is 44.0 Å². The second-order valence-corrected chi connectivity index (χ2v) is 5.94. The van der Waals surface area contributed by atoms with Gasteiger partial charge in [0.2, 0.25) is 6.10 Å². The van der Waals surface area contributed by atoms with Crippen molar-refractivity contribution in [2.75, 3.05) is 6.61 Å². The van der Waals surface area contributed by atoms with Gasteiger partial charge < -0.3 is 13.9 Å². The van der Waals surface area contributed by atoms with Crippen LogP contribution in [0.25, 0.3) is 0 Å². The molecule has 0 saturated heterocycles. The van der Waals surface area contributed by atoms with Gasteiger partial charge in [0.1, 0.15) is 12.4 Å². The van der Waals surface area contributed by atoms with Gasteiger partial charge in [-0.2, -0.15) is 5.10 Å². The lowest BCUT2D eigenvalue weighted by Crippen LogP contribution is -2.42. The molecule has 114 valence electrons. The maximum Gasteiger partial charge on any atom is 0.284 e. The standard InChI is InChI=1S/C14H10Br2N2O4/c15-9-5-8(21-13(9)16)6-17-18-14(19)12-7-20-10-3-1-2-4-11(10)22-12/h1-6,12H,7H2,(H,18,19)/b17-6-. The van der Waals surface area contributed by atoms with Gasteiger partial charge in [-0.3, -0.25) is 4.79 Å². The van der Waals surface area contributed by atoms with E-state index in [2.05, 4.69) is 42.4 Å². The van der Waals surface area contributed by atoms with Crippen molar-refractivity contribution in [3.05, 3.63) is 45.2 Å². The average molecular weight is 430 g/mol. The van der Waals surface area contributed by atoms with Crippen LogP contribution in [0.2, 0.25) is 0 Å². The molecule has 1 N–H and O–H groups in total. The number of ether oxygens (including phenoxy) is 2. The van der Waals surface area contributed by atoms with E-state index < -0.39 is 12.0 Å². The van der Waals surface area contributed by atoms with E-state index in [0.29, 0.717) is 21.9 Å². The Kier molecular flexibility index (Phi) is 4.49. The lowest BCUT2D eigenvalue weighted by atomic mass is 10.2. The van der Waals surface area contributed by atoms with Gasteiger partial charge in [-0.1, -0.05) is 12.1 Å². The number of nitrogens with zero attached hydrogens (tertiary/aromatic N) is 1. The number of para-hydroxylation sites is 2. The van der Waals surface area contributed by atoms with Gasteiger partial charge in [0.15, 0.2) is 16.2 Å². The highest BCUT2D eigenvalue weighted by Crippen LogP contribution is 2.30. The third kappa shape index (κ3) is 3.33. The van der Waals surface area contributed by atoms with Crippen LogP contribution in [-0.2, 0) is 4.79 Å². The number of halogens is 2. The molecule has 1 aromatic carbocycles. The Bertz CT molecular complexity index is 710. The molecule has 0 radical (unpaired) electrons. The van der Waals surface area contributed by atoms with E-state index in [4.69, 9.17) is 13.9 Å². The van der Waals surface area contributed by atoms with Gasteiger partial charge in [-0.05, 0) is 44.0 Å². The number of amides is 1. The first-order chi connectivity index (χ1) is 10.6. The third-order valence-electron chi connectivity index (χ3n) is 2.83. The van der Waals surface area contributed by atoms with E-state index in [0.717, 1.165) is 4.47 Å². The quantitative estimate of drug-likeness (QED) is 0.601. The molecular formula is C14H10Br2N2O4. The third-order valence-corrected chi connectivity index (χ3v) is 4.54. The molecule has 1 aliphatic heterocycles. The Morgan fingerprint density at radius 1 is 1.32 bits per heavy atom. The summed E-state index contributed by atoms with van der Waals surface area (Å²) in [6.07, 6.45) is 0.646. The lowest BCUT2D eigenvalue weighted by molar-refractivity contribution is -0.130. The summed E-state index contributed by atoms with van der Waals surface area (Å²) in [6, 6.07) is 8.90. The molecule has 1 aliphatic rings. The molecule has 22 heavy (non-hydrogen) atoms. The summed E-state index contributed by atoms with van der Waals surface area (Å²) in [7, 11) is 0. The summed E-state index contributed by atoms with van der Waals surface area (Å²) < 4.78 is 17.7. The van der Waals surface area contributed by atoms with Crippen LogP contribution < -0.4 is 14.9 Å². The number of nitrogens with one attached hydrogen (secondary N) is 1. The fraction of sp³-hybridized carbons (Fsp3) is 0.143. The van der Waals surface area contributed by atoms with Gasteiger partial charge >= 0.3 is 0 Å². The first-order valence-corrected chi connectivity index (χ1v) is 7.88. The van der Waals surface area contributed by atoms with Crippen molar-refractivity contribution in [3.8, 4) is 11.5 Å². The van der Waals surface area contributed by atoms with Crippen molar-refractivity contribution in [2.45, 2.75) is 6.10 Å². The van der Waals surface area contributed by atoms with E-state index in [-0.39, 0.29) is 6.61 Å². The first kappa shape index (κ1) is 15.1. The molecule has 1 unspecified atom stereocenters. The monoisotopic (exact) mass is 428 g/mol. The Hall–Kier alpha value is -1.80. The van der Waals surface area contributed by atoms with Crippen LogP contribution in [0, 0.1) is 0 Å². The molecule has 6 nitrogen and oxygen atoms in total. The normalized spacial score (nSPS) is 16.7. The number of furan rings is 1. The number of fused-ring (bicyclic) bond motifs is 1. The average Bonchev–Trinajstić information content (AvgIpc) is 2.85. The minimum absolute atomic E-state index is 0.135. The molecule has 1 amide bonds. The Morgan fingerprint density at radius 3 is 2.82 bits per heavy atom. The summed E-state index contributed by atoms with van der Waals surface area (Å²) in [4.78, 5) is 12.0. The van der Waals surface area contributed by atoms with Crippen molar-refractivity contribution in [3.63, 3.8) is 0 Å². The molecule has 3 rings (SSSR count). The minimum atomic E-state index is -0.748. The maximum absolute atomic E-state index is 12.0.